The summed E-state index contributed by atoms with van der Waals surface area (Å²) in [6.07, 6.45) is 9.03. The molecule has 1 amide bonds. The summed E-state index contributed by atoms with van der Waals surface area (Å²) in [4.78, 5) is 14.8. The summed E-state index contributed by atoms with van der Waals surface area (Å²) in [5, 5.41) is 12.4. The smallest absolute Gasteiger partial charge is 0.246 e. The largest absolute Gasteiger partial charge is 0.351 e. The van der Waals surface area contributed by atoms with Crippen molar-refractivity contribution in [1.29, 1.82) is 0 Å². The predicted molar refractivity (Wildman–Crippen MR) is 105 cm³/mol. The van der Waals surface area contributed by atoms with Gasteiger partial charge in [-0.1, -0.05) is 18.1 Å². The van der Waals surface area contributed by atoms with Crippen LogP contribution in [0.3, 0.4) is 0 Å². The average molecular weight is 366 g/mol. The summed E-state index contributed by atoms with van der Waals surface area (Å²) in [6.45, 7) is 3.22. The lowest BCUT2D eigenvalue weighted by Gasteiger charge is -2.17. The number of carbonyl (C=O) groups excluding carboxylic acids is 1. The number of nitrogens with one attached hydrogen (secondary N) is 1. The van der Waals surface area contributed by atoms with Crippen LogP contribution in [0.4, 0.5) is 5.69 Å². The second-order valence-corrected chi connectivity index (χ2v) is 7.35. The van der Waals surface area contributed by atoms with Crippen LogP contribution in [0.5, 0.6) is 0 Å². The fraction of sp³-hybridized carbons (Fsp3) is 0.450. The maximum atomic E-state index is 12.4. The Hall–Kier alpha value is -2.67. The summed E-state index contributed by atoms with van der Waals surface area (Å²) >= 11 is 0. The summed E-state index contributed by atoms with van der Waals surface area (Å²) in [5.74, 6) is -0.100. The number of nitrogens with zero attached hydrogens (tertiary/aromatic N) is 5. The lowest BCUT2D eigenvalue weighted by molar-refractivity contribution is -0.116. The third kappa shape index (κ3) is 4.36. The predicted octanol–water partition coefficient (Wildman–Crippen LogP) is 2.78. The fourth-order valence-electron chi connectivity index (χ4n) is 3.72. The molecular weight excluding hydrogens is 340 g/mol. The van der Waals surface area contributed by atoms with Crippen LogP contribution < -0.4 is 5.32 Å². The summed E-state index contributed by atoms with van der Waals surface area (Å²) < 4.78 is 3.67. The van der Waals surface area contributed by atoms with Gasteiger partial charge in [-0.15, -0.1) is 5.10 Å². The first kappa shape index (κ1) is 17.7. The van der Waals surface area contributed by atoms with Crippen molar-refractivity contribution in [3.05, 3.63) is 42.4 Å². The Morgan fingerprint density at radius 3 is 2.78 bits per heavy atom. The van der Waals surface area contributed by atoms with E-state index in [1.165, 1.54) is 25.7 Å². The SMILES string of the molecule is Cn1ccc2cc(NC(=O)Cn3cc(CN4CCCCCC4)nn3)ccc21. The molecule has 7 nitrogen and oxygen atoms in total. The molecule has 4 rings (SSSR count). The van der Waals surface area contributed by atoms with E-state index in [1.807, 2.05) is 43.7 Å². The number of aromatic nitrogens is 4. The first-order valence-electron chi connectivity index (χ1n) is 9.64. The van der Waals surface area contributed by atoms with Crippen molar-refractivity contribution in [1.82, 2.24) is 24.5 Å². The molecule has 1 aromatic carbocycles. The van der Waals surface area contributed by atoms with Crippen LogP contribution >= 0.6 is 0 Å². The van der Waals surface area contributed by atoms with Crippen LogP contribution in [0, 0.1) is 0 Å². The van der Waals surface area contributed by atoms with Gasteiger partial charge in [0.15, 0.2) is 0 Å². The minimum absolute atomic E-state index is 0.100. The van der Waals surface area contributed by atoms with Crippen LogP contribution in [0.2, 0.25) is 0 Å². The van der Waals surface area contributed by atoms with E-state index in [2.05, 4.69) is 25.1 Å². The standard InChI is InChI=1S/C20H26N6O/c1-24-11-8-16-12-17(6-7-19(16)24)21-20(27)15-26-14-18(22-23-26)13-25-9-4-2-3-5-10-25/h6-8,11-12,14H,2-5,9-10,13,15H2,1H3,(H,21,27). The van der Waals surface area contributed by atoms with Gasteiger partial charge in [0, 0.05) is 36.4 Å². The summed E-state index contributed by atoms with van der Waals surface area (Å²) in [6, 6.07) is 7.96. The number of anilines is 1. The number of hydrogen-bond acceptors (Lipinski definition) is 4. The molecule has 27 heavy (non-hydrogen) atoms. The van der Waals surface area contributed by atoms with E-state index in [9.17, 15) is 4.79 Å². The molecule has 0 unspecified atom stereocenters. The highest BCUT2D eigenvalue weighted by atomic mass is 16.2. The number of hydrogen-bond donors (Lipinski definition) is 1. The van der Waals surface area contributed by atoms with Gasteiger partial charge in [0.1, 0.15) is 6.54 Å². The van der Waals surface area contributed by atoms with E-state index in [0.29, 0.717) is 0 Å². The Kier molecular flexibility index (Phi) is 5.20. The Morgan fingerprint density at radius 2 is 1.96 bits per heavy atom. The summed E-state index contributed by atoms with van der Waals surface area (Å²) in [7, 11) is 2.01. The first-order chi connectivity index (χ1) is 13.2. The molecule has 1 fully saturated rings. The van der Waals surface area contributed by atoms with Crippen molar-refractivity contribution < 1.29 is 4.79 Å². The molecule has 0 spiro atoms. The molecule has 3 heterocycles. The minimum Gasteiger partial charge on any atom is -0.351 e. The molecule has 0 aliphatic carbocycles. The molecule has 142 valence electrons. The highest BCUT2D eigenvalue weighted by molar-refractivity contribution is 5.93. The average Bonchev–Trinajstić information content (AvgIpc) is 3.13. The van der Waals surface area contributed by atoms with Gasteiger partial charge in [-0.3, -0.25) is 9.69 Å². The Balaban J connectivity index is 1.34. The number of benzene rings is 1. The quantitative estimate of drug-likeness (QED) is 0.754. The van der Waals surface area contributed by atoms with Crippen molar-refractivity contribution in [3.63, 3.8) is 0 Å². The number of aryl methyl sites for hydroxylation is 1. The Morgan fingerprint density at radius 1 is 1.15 bits per heavy atom. The highest BCUT2D eigenvalue weighted by Crippen LogP contribution is 2.19. The van der Waals surface area contributed by atoms with E-state index in [4.69, 9.17) is 0 Å². The first-order valence-corrected chi connectivity index (χ1v) is 9.64. The molecule has 0 bridgehead atoms. The number of likely N-dealkylation sites (tertiary alicyclic amines) is 1. The maximum absolute atomic E-state index is 12.4. The van der Waals surface area contributed by atoms with Gasteiger partial charge in [-0.25, -0.2) is 4.68 Å². The molecule has 0 radical (unpaired) electrons. The van der Waals surface area contributed by atoms with Gasteiger partial charge < -0.3 is 9.88 Å². The van der Waals surface area contributed by atoms with Crippen molar-refractivity contribution in [3.8, 4) is 0 Å². The van der Waals surface area contributed by atoms with Gasteiger partial charge in [-0.2, -0.15) is 0 Å². The molecule has 3 aromatic rings. The van der Waals surface area contributed by atoms with Crippen LogP contribution in [0.1, 0.15) is 31.4 Å². The molecule has 1 aliphatic rings. The van der Waals surface area contributed by atoms with Crippen LogP contribution in [0.15, 0.2) is 36.7 Å². The topological polar surface area (TPSA) is 68.0 Å². The van der Waals surface area contributed by atoms with Gasteiger partial charge in [0.2, 0.25) is 5.91 Å². The fourth-order valence-corrected chi connectivity index (χ4v) is 3.72. The van der Waals surface area contributed by atoms with Crippen LogP contribution in [0.25, 0.3) is 10.9 Å². The maximum Gasteiger partial charge on any atom is 0.246 e. The molecule has 1 N–H and O–H groups in total. The van der Waals surface area contributed by atoms with E-state index in [0.717, 1.165) is 41.9 Å². The molecule has 0 saturated carbocycles. The van der Waals surface area contributed by atoms with Crippen molar-refractivity contribution in [2.75, 3.05) is 18.4 Å². The molecular formula is C20H26N6O. The highest BCUT2D eigenvalue weighted by Gasteiger charge is 2.13. The van der Waals surface area contributed by atoms with Gasteiger partial charge >= 0.3 is 0 Å². The second-order valence-electron chi connectivity index (χ2n) is 7.35. The van der Waals surface area contributed by atoms with Gasteiger partial charge in [0.25, 0.3) is 0 Å². The number of rotatable bonds is 5. The number of carbonyl (C=O) groups is 1. The zero-order valence-electron chi connectivity index (χ0n) is 15.8. The van der Waals surface area contributed by atoms with E-state index in [-0.39, 0.29) is 12.5 Å². The van der Waals surface area contributed by atoms with Crippen molar-refractivity contribution in [2.24, 2.45) is 7.05 Å². The lowest BCUT2D eigenvalue weighted by Crippen LogP contribution is -2.24. The Labute approximate surface area is 158 Å². The zero-order chi connectivity index (χ0) is 18.6. The van der Waals surface area contributed by atoms with Crippen LogP contribution in [-0.2, 0) is 24.9 Å². The Bertz CT molecular complexity index is 920. The number of fused-ring (bicyclic) bond motifs is 1. The van der Waals surface area contributed by atoms with Gasteiger partial charge in [-0.05, 0) is 50.2 Å². The molecule has 2 aromatic heterocycles. The molecule has 0 atom stereocenters. The second kappa shape index (κ2) is 7.92. The van der Waals surface area contributed by atoms with E-state index in [1.54, 1.807) is 4.68 Å². The molecule has 1 saturated heterocycles. The van der Waals surface area contributed by atoms with Crippen LogP contribution in [-0.4, -0.2) is 43.5 Å². The minimum atomic E-state index is -0.100. The van der Waals surface area contributed by atoms with Gasteiger partial charge in [0.05, 0.1) is 11.9 Å². The van der Waals surface area contributed by atoms with E-state index >= 15 is 0 Å². The third-order valence-corrected chi connectivity index (χ3v) is 5.14. The normalized spacial score (nSPS) is 15.7. The van der Waals surface area contributed by atoms with E-state index < -0.39 is 0 Å². The lowest BCUT2D eigenvalue weighted by atomic mass is 10.2. The third-order valence-electron chi connectivity index (χ3n) is 5.14. The van der Waals surface area contributed by atoms with Crippen molar-refractivity contribution in [2.45, 2.75) is 38.8 Å². The molecule has 1 aliphatic heterocycles. The number of amides is 1. The molecule has 7 heteroatoms. The monoisotopic (exact) mass is 366 g/mol. The summed E-state index contributed by atoms with van der Waals surface area (Å²) in [5.41, 5.74) is 2.86. The van der Waals surface area contributed by atoms with Crippen molar-refractivity contribution >= 4 is 22.5 Å². The zero-order valence-corrected chi connectivity index (χ0v) is 15.8.